The second-order valence-electron chi connectivity index (χ2n) is 3.43. The molecule has 0 amide bonds. The molecule has 0 bridgehead atoms. The van der Waals surface area contributed by atoms with Gasteiger partial charge in [-0.3, -0.25) is 4.79 Å². The van der Waals surface area contributed by atoms with Crippen LogP contribution < -0.4 is 10.1 Å². The average molecular weight is 247 g/mol. The lowest BCUT2D eigenvalue weighted by molar-refractivity contribution is 0.627. The first-order valence-corrected chi connectivity index (χ1v) is 5.65. The molecular formula is C11H6FN3OS. The molecule has 3 aromatic rings. The molecule has 0 aliphatic carbocycles. The molecule has 3 rings (SSSR count). The summed E-state index contributed by atoms with van der Waals surface area (Å²) >= 11 is 1.23. The number of hydrogen-bond donors (Lipinski definition) is 0. The standard InChI is InChI=1S/C11H6FN3OS/c12-8-3-1-2-7(4-8)5-9-10(16)15-11(17-9)13-6-14-15/h1-6H. The van der Waals surface area contributed by atoms with E-state index in [0.29, 0.717) is 15.1 Å². The predicted octanol–water partition coefficient (Wildman–Crippen LogP) is 0.838. The largest absolute Gasteiger partial charge is 0.291 e. The topological polar surface area (TPSA) is 47.3 Å². The Kier molecular flexibility index (Phi) is 2.22. The third-order valence-electron chi connectivity index (χ3n) is 2.27. The Bertz CT molecular complexity index is 793. The maximum atomic E-state index is 13.0. The summed E-state index contributed by atoms with van der Waals surface area (Å²) in [5.41, 5.74) is 0.415. The van der Waals surface area contributed by atoms with E-state index in [1.807, 2.05) is 0 Å². The van der Waals surface area contributed by atoms with Crippen LogP contribution >= 0.6 is 11.3 Å². The van der Waals surface area contributed by atoms with Gasteiger partial charge in [-0.15, -0.1) is 0 Å². The number of rotatable bonds is 1. The summed E-state index contributed by atoms with van der Waals surface area (Å²) in [7, 11) is 0. The summed E-state index contributed by atoms with van der Waals surface area (Å²) in [5.74, 6) is -0.328. The van der Waals surface area contributed by atoms with Gasteiger partial charge < -0.3 is 0 Å². The molecule has 0 atom stereocenters. The van der Waals surface area contributed by atoms with E-state index in [2.05, 4.69) is 10.1 Å². The maximum Gasteiger partial charge on any atom is 0.291 e. The van der Waals surface area contributed by atoms with Gasteiger partial charge in [0.05, 0.1) is 4.53 Å². The zero-order valence-electron chi connectivity index (χ0n) is 8.50. The summed E-state index contributed by atoms with van der Waals surface area (Å²) in [4.78, 5) is 16.3. The van der Waals surface area contributed by atoms with Crippen molar-refractivity contribution in [2.75, 3.05) is 0 Å². The third kappa shape index (κ3) is 1.72. The molecule has 2 heterocycles. The van der Waals surface area contributed by atoms with Gasteiger partial charge in [0.1, 0.15) is 12.1 Å². The van der Waals surface area contributed by atoms with Crippen molar-refractivity contribution in [2.24, 2.45) is 0 Å². The number of thiazole rings is 1. The highest BCUT2D eigenvalue weighted by molar-refractivity contribution is 7.15. The Balaban J connectivity index is 2.24. The normalized spacial score (nSPS) is 12.4. The van der Waals surface area contributed by atoms with Crippen molar-refractivity contribution >= 4 is 22.4 Å². The maximum absolute atomic E-state index is 13.0. The highest BCUT2D eigenvalue weighted by Gasteiger charge is 2.04. The number of fused-ring (bicyclic) bond motifs is 1. The van der Waals surface area contributed by atoms with Crippen molar-refractivity contribution in [1.29, 1.82) is 0 Å². The van der Waals surface area contributed by atoms with Gasteiger partial charge in [-0.05, 0) is 23.8 Å². The molecule has 0 spiro atoms. The van der Waals surface area contributed by atoms with Gasteiger partial charge in [0.25, 0.3) is 5.56 Å². The third-order valence-corrected chi connectivity index (χ3v) is 3.24. The van der Waals surface area contributed by atoms with Gasteiger partial charge in [-0.1, -0.05) is 23.5 Å². The van der Waals surface area contributed by atoms with Crippen LogP contribution in [0.3, 0.4) is 0 Å². The molecule has 17 heavy (non-hydrogen) atoms. The average Bonchev–Trinajstić information content (AvgIpc) is 2.84. The number of hydrogen-bond acceptors (Lipinski definition) is 4. The summed E-state index contributed by atoms with van der Waals surface area (Å²) in [6, 6.07) is 6.06. The van der Waals surface area contributed by atoms with Crippen LogP contribution in [-0.2, 0) is 0 Å². The molecule has 0 saturated heterocycles. The zero-order chi connectivity index (χ0) is 11.8. The smallest absolute Gasteiger partial charge is 0.266 e. The number of aromatic nitrogens is 3. The van der Waals surface area contributed by atoms with Gasteiger partial charge in [-0.2, -0.15) is 9.61 Å². The quantitative estimate of drug-likeness (QED) is 0.640. The Hall–Kier alpha value is -2.08. The number of nitrogens with zero attached hydrogens (tertiary/aromatic N) is 3. The van der Waals surface area contributed by atoms with Crippen LogP contribution in [0, 0.1) is 5.82 Å². The molecule has 0 aliphatic rings. The molecule has 0 fully saturated rings. The molecule has 1 aromatic carbocycles. The van der Waals surface area contributed by atoms with Crippen LogP contribution in [-0.4, -0.2) is 14.6 Å². The molecule has 4 nitrogen and oxygen atoms in total. The lowest BCUT2D eigenvalue weighted by atomic mass is 10.2. The second-order valence-corrected chi connectivity index (χ2v) is 4.43. The first-order valence-electron chi connectivity index (χ1n) is 4.84. The van der Waals surface area contributed by atoms with E-state index >= 15 is 0 Å². The second kappa shape index (κ2) is 3.74. The monoisotopic (exact) mass is 247 g/mol. The van der Waals surface area contributed by atoms with Crippen molar-refractivity contribution in [3.05, 3.63) is 56.9 Å². The zero-order valence-corrected chi connectivity index (χ0v) is 9.32. The van der Waals surface area contributed by atoms with Crippen LogP contribution in [0.2, 0.25) is 0 Å². The lowest BCUT2D eigenvalue weighted by Crippen LogP contribution is -2.23. The van der Waals surface area contributed by atoms with Crippen LogP contribution in [0.25, 0.3) is 11.0 Å². The van der Waals surface area contributed by atoms with Crippen molar-refractivity contribution in [1.82, 2.24) is 14.6 Å². The van der Waals surface area contributed by atoms with E-state index in [9.17, 15) is 9.18 Å². The molecule has 6 heteroatoms. The Labute approximate surface area is 98.7 Å². The van der Waals surface area contributed by atoms with Crippen LogP contribution in [0.4, 0.5) is 4.39 Å². The van der Waals surface area contributed by atoms with Crippen molar-refractivity contribution in [2.45, 2.75) is 0 Å². The Morgan fingerprint density at radius 1 is 1.41 bits per heavy atom. The van der Waals surface area contributed by atoms with Gasteiger partial charge >= 0.3 is 0 Å². The first-order chi connectivity index (χ1) is 8.24. The van der Waals surface area contributed by atoms with Gasteiger partial charge in [0.15, 0.2) is 0 Å². The minimum absolute atomic E-state index is 0.230. The summed E-state index contributed by atoms with van der Waals surface area (Å²) in [6.07, 6.45) is 2.96. The van der Waals surface area contributed by atoms with Gasteiger partial charge in [0, 0.05) is 0 Å². The fraction of sp³-hybridized carbons (Fsp3) is 0. The fourth-order valence-electron chi connectivity index (χ4n) is 1.53. The van der Waals surface area contributed by atoms with Crippen LogP contribution in [0.15, 0.2) is 35.4 Å². The van der Waals surface area contributed by atoms with E-state index in [4.69, 9.17) is 0 Å². The molecular weight excluding hydrogens is 241 g/mol. The van der Waals surface area contributed by atoms with E-state index in [0.717, 1.165) is 0 Å². The van der Waals surface area contributed by atoms with E-state index in [-0.39, 0.29) is 11.4 Å². The van der Waals surface area contributed by atoms with Crippen molar-refractivity contribution in [3.8, 4) is 0 Å². The molecule has 0 radical (unpaired) electrons. The van der Waals surface area contributed by atoms with E-state index in [1.165, 1.54) is 34.3 Å². The predicted molar refractivity (Wildman–Crippen MR) is 62.3 cm³/mol. The Morgan fingerprint density at radius 2 is 2.29 bits per heavy atom. The first kappa shape index (κ1) is 10.1. The highest BCUT2D eigenvalue weighted by Crippen LogP contribution is 2.04. The minimum atomic E-state index is -0.328. The highest BCUT2D eigenvalue weighted by atomic mass is 32.1. The summed E-state index contributed by atoms with van der Waals surface area (Å²) in [6.45, 7) is 0. The van der Waals surface area contributed by atoms with Gasteiger partial charge in [-0.25, -0.2) is 9.37 Å². The Morgan fingerprint density at radius 3 is 3.06 bits per heavy atom. The van der Waals surface area contributed by atoms with Crippen LogP contribution in [0.1, 0.15) is 5.56 Å². The summed E-state index contributed by atoms with van der Waals surface area (Å²) in [5, 5.41) is 3.81. The van der Waals surface area contributed by atoms with E-state index in [1.54, 1.807) is 18.2 Å². The molecule has 0 unspecified atom stereocenters. The molecule has 2 aromatic heterocycles. The number of halogens is 1. The summed E-state index contributed by atoms with van der Waals surface area (Å²) < 4.78 is 14.7. The SMILES string of the molecule is O=c1c(=Cc2cccc(F)c2)sc2ncnn12. The van der Waals surface area contributed by atoms with Crippen molar-refractivity contribution in [3.63, 3.8) is 0 Å². The van der Waals surface area contributed by atoms with Crippen LogP contribution in [0.5, 0.6) is 0 Å². The lowest BCUT2D eigenvalue weighted by Gasteiger charge is -1.90. The molecule has 0 aliphatic heterocycles. The molecule has 0 saturated carbocycles. The fourth-order valence-corrected chi connectivity index (χ4v) is 2.41. The van der Waals surface area contributed by atoms with E-state index < -0.39 is 0 Å². The molecule has 0 N–H and O–H groups in total. The number of benzene rings is 1. The minimum Gasteiger partial charge on any atom is -0.266 e. The molecule has 84 valence electrons. The van der Waals surface area contributed by atoms with Gasteiger partial charge in [0.2, 0.25) is 4.96 Å². The van der Waals surface area contributed by atoms with Crippen molar-refractivity contribution < 1.29 is 4.39 Å².